The van der Waals surface area contributed by atoms with Crippen molar-refractivity contribution in [3.63, 3.8) is 0 Å². The van der Waals surface area contributed by atoms with Gasteiger partial charge in [0.1, 0.15) is 5.75 Å². The molecule has 0 bridgehead atoms. The van der Waals surface area contributed by atoms with Gasteiger partial charge in [-0.1, -0.05) is 0 Å². The second kappa shape index (κ2) is 5.66. The van der Waals surface area contributed by atoms with Crippen molar-refractivity contribution in [1.82, 2.24) is 0 Å². The van der Waals surface area contributed by atoms with Gasteiger partial charge in [-0.25, -0.2) is 8.42 Å². The van der Waals surface area contributed by atoms with Gasteiger partial charge in [0, 0.05) is 6.07 Å². The fourth-order valence-electron chi connectivity index (χ4n) is 2.62. The number of fused-ring (bicyclic) bond motifs is 1. The molecule has 0 fully saturated rings. The average molecular weight is 335 g/mol. The number of hydrogen-bond acceptors (Lipinski definition) is 5. The number of nitrogens with one attached hydrogen (secondary N) is 1. The third-order valence-corrected chi connectivity index (χ3v) is 5.25. The SMILES string of the molecule is COc1cc(C)c(S(=O)(=O)Nc2ccc3c(c2)OCO3)c(C)c1. The summed E-state index contributed by atoms with van der Waals surface area (Å²) in [5.41, 5.74) is 1.66. The first kappa shape index (κ1) is 15.5. The normalized spacial score (nSPS) is 13.0. The summed E-state index contributed by atoms with van der Waals surface area (Å²) < 4.78 is 43.7. The number of sulfonamides is 1. The highest BCUT2D eigenvalue weighted by Crippen LogP contribution is 2.35. The summed E-state index contributed by atoms with van der Waals surface area (Å²) in [6.45, 7) is 3.62. The lowest BCUT2D eigenvalue weighted by atomic mass is 10.1. The number of rotatable bonds is 4. The van der Waals surface area contributed by atoms with E-state index in [0.717, 1.165) is 0 Å². The van der Waals surface area contributed by atoms with Gasteiger partial charge in [0.15, 0.2) is 11.5 Å². The van der Waals surface area contributed by atoms with Crippen LogP contribution in [0.25, 0.3) is 0 Å². The van der Waals surface area contributed by atoms with Gasteiger partial charge in [0.05, 0.1) is 17.7 Å². The van der Waals surface area contributed by atoms with Crippen LogP contribution < -0.4 is 18.9 Å². The van der Waals surface area contributed by atoms with Crippen LogP contribution in [-0.4, -0.2) is 22.3 Å². The number of ether oxygens (including phenoxy) is 3. The minimum absolute atomic E-state index is 0.141. The maximum absolute atomic E-state index is 12.7. The van der Waals surface area contributed by atoms with Crippen molar-refractivity contribution in [1.29, 1.82) is 0 Å². The fraction of sp³-hybridized carbons (Fsp3) is 0.250. The Morgan fingerprint density at radius 2 is 1.70 bits per heavy atom. The molecule has 2 aromatic carbocycles. The van der Waals surface area contributed by atoms with Crippen molar-refractivity contribution in [2.24, 2.45) is 0 Å². The highest BCUT2D eigenvalue weighted by molar-refractivity contribution is 7.92. The topological polar surface area (TPSA) is 73.9 Å². The third-order valence-electron chi connectivity index (χ3n) is 3.56. The van der Waals surface area contributed by atoms with Crippen molar-refractivity contribution >= 4 is 15.7 Å². The summed E-state index contributed by atoms with van der Waals surface area (Å²) in [4.78, 5) is 0.246. The second-order valence-electron chi connectivity index (χ2n) is 5.26. The molecule has 23 heavy (non-hydrogen) atoms. The van der Waals surface area contributed by atoms with Crippen LogP contribution in [0.2, 0.25) is 0 Å². The highest BCUT2D eigenvalue weighted by atomic mass is 32.2. The number of aryl methyl sites for hydroxylation is 2. The molecule has 0 saturated heterocycles. The predicted molar refractivity (Wildman–Crippen MR) is 85.8 cm³/mol. The molecule has 0 radical (unpaired) electrons. The molecular weight excluding hydrogens is 318 g/mol. The molecule has 1 N–H and O–H groups in total. The third kappa shape index (κ3) is 2.92. The molecule has 0 unspecified atom stereocenters. The van der Waals surface area contributed by atoms with Crippen LogP contribution in [0.4, 0.5) is 5.69 Å². The minimum atomic E-state index is -3.72. The lowest BCUT2D eigenvalue weighted by Crippen LogP contribution is -2.15. The minimum Gasteiger partial charge on any atom is -0.497 e. The molecule has 1 aliphatic rings. The molecule has 3 rings (SSSR count). The van der Waals surface area contributed by atoms with E-state index in [9.17, 15) is 8.42 Å². The molecule has 0 atom stereocenters. The van der Waals surface area contributed by atoms with E-state index in [1.54, 1.807) is 51.3 Å². The van der Waals surface area contributed by atoms with Crippen molar-refractivity contribution in [2.75, 3.05) is 18.6 Å². The van der Waals surface area contributed by atoms with Crippen molar-refractivity contribution < 1.29 is 22.6 Å². The van der Waals surface area contributed by atoms with Gasteiger partial charge in [0.2, 0.25) is 6.79 Å². The van der Waals surface area contributed by atoms with Gasteiger partial charge in [-0.2, -0.15) is 0 Å². The number of methoxy groups -OCH3 is 1. The quantitative estimate of drug-likeness (QED) is 0.930. The van der Waals surface area contributed by atoms with Gasteiger partial charge in [-0.3, -0.25) is 4.72 Å². The predicted octanol–water partition coefficient (Wildman–Crippen LogP) is 2.84. The highest BCUT2D eigenvalue weighted by Gasteiger charge is 2.22. The smallest absolute Gasteiger partial charge is 0.262 e. The van der Waals surface area contributed by atoms with Crippen molar-refractivity contribution in [2.45, 2.75) is 18.7 Å². The molecule has 0 spiro atoms. The maximum atomic E-state index is 12.7. The lowest BCUT2D eigenvalue weighted by molar-refractivity contribution is 0.174. The van der Waals surface area contributed by atoms with E-state index in [2.05, 4.69) is 4.72 Å². The molecule has 7 heteroatoms. The van der Waals surface area contributed by atoms with E-state index in [1.165, 1.54) is 0 Å². The lowest BCUT2D eigenvalue weighted by Gasteiger charge is -2.14. The van der Waals surface area contributed by atoms with Gasteiger partial charge in [-0.05, 0) is 49.2 Å². The fourth-order valence-corrected chi connectivity index (χ4v) is 4.12. The van der Waals surface area contributed by atoms with Crippen LogP contribution in [0.5, 0.6) is 17.2 Å². The van der Waals surface area contributed by atoms with Gasteiger partial charge >= 0.3 is 0 Å². The van der Waals surface area contributed by atoms with Crippen LogP contribution in [0.1, 0.15) is 11.1 Å². The molecule has 6 nitrogen and oxygen atoms in total. The Labute approximate surface area is 135 Å². The molecule has 0 saturated carbocycles. The molecule has 0 aliphatic carbocycles. The molecule has 0 amide bonds. The number of benzene rings is 2. The first-order valence-electron chi connectivity index (χ1n) is 6.98. The van der Waals surface area contributed by atoms with Crippen molar-refractivity contribution in [3.05, 3.63) is 41.5 Å². The van der Waals surface area contributed by atoms with E-state index in [4.69, 9.17) is 14.2 Å². The molecule has 1 heterocycles. The first-order valence-corrected chi connectivity index (χ1v) is 8.47. The summed E-state index contributed by atoms with van der Waals surface area (Å²) in [6, 6.07) is 8.31. The Kier molecular flexibility index (Phi) is 3.81. The Morgan fingerprint density at radius 1 is 1.04 bits per heavy atom. The van der Waals surface area contributed by atoms with Crippen LogP contribution in [0.3, 0.4) is 0 Å². The van der Waals surface area contributed by atoms with Crippen LogP contribution in [0, 0.1) is 13.8 Å². The molecular formula is C16H17NO5S. The Bertz CT molecular complexity index is 838. The molecule has 0 aromatic heterocycles. The van der Waals surface area contributed by atoms with E-state index < -0.39 is 10.0 Å². The second-order valence-corrected chi connectivity index (χ2v) is 6.88. The van der Waals surface area contributed by atoms with E-state index in [0.29, 0.717) is 34.1 Å². The summed E-state index contributed by atoms with van der Waals surface area (Å²) >= 11 is 0. The monoisotopic (exact) mass is 335 g/mol. The number of hydrogen-bond donors (Lipinski definition) is 1. The Balaban J connectivity index is 1.96. The largest absolute Gasteiger partial charge is 0.497 e. The van der Waals surface area contributed by atoms with Crippen LogP contribution in [0.15, 0.2) is 35.2 Å². The summed E-state index contributed by atoms with van der Waals surface area (Å²) in [5.74, 6) is 1.75. The van der Waals surface area contributed by atoms with Gasteiger partial charge < -0.3 is 14.2 Å². The van der Waals surface area contributed by atoms with Gasteiger partial charge in [0.25, 0.3) is 10.0 Å². The number of anilines is 1. The average Bonchev–Trinajstić information content (AvgIpc) is 2.93. The standard InChI is InChI=1S/C16H17NO5S/c1-10-6-13(20-3)7-11(2)16(10)23(18,19)17-12-4-5-14-15(8-12)22-9-21-14/h4-8,17H,9H2,1-3H3. The van der Waals surface area contributed by atoms with E-state index in [-0.39, 0.29) is 11.7 Å². The molecule has 2 aromatic rings. The van der Waals surface area contributed by atoms with Crippen LogP contribution >= 0.6 is 0 Å². The Morgan fingerprint density at radius 3 is 2.35 bits per heavy atom. The zero-order valence-electron chi connectivity index (χ0n) is 13.0. The maximum Gasteiger partial charge on any atom is 0.262 e. The van der Waals surface area contributed by atoms with Crippen LogP contribution in [-0.2, 0) is 10.0 Å². The zero-order valence-corrected chi connectivity index (χ0v) is 13.9. The molecule has 122 valence electrons. The van der Waals surface area contributed by atoms with E-state index >= 15 is 0 Å². The van der Waals surface area contributed by atoms with Gasteiger partial charge in [-0.15, -0.1) is 0 Å². The van der Waals surface area contributed by atoms with Crippen molar-refractivity contribution in [3.8, 4) is 17.2 Å². The molecule has 1 aliphatic heterocycles. The Hall–Kier alpha value is -2.41. The van der Waals surface area contributed by atoms with E-state index in [1.807, 2.05) is 0 Å². The zero-order chi connectivity index (χ0) is 16.6. The summed E-state index contributed by atoms with van der Waals surface area (Å²) in [7, 11) is -2.17. The summed E-state index contributed by atoms with van der Waals surface area (Å²) in [5, 5.41) is 0. The summed E-state index contributed by atoms with van der Waals surface area (Å²) in [6.07, 6.45) is 0. The first-order chi connectivity index (χ1) is 10.9.